The largest absolute Gasteiger partial charge is 0.497 e. The molecular formula is C18H24O4P2S4. The van der Waals surface area contributed by atoms with Gasteiger partial charge in [-0.2, -0.15) is 0 Å². The fourth-order valence-corrected chi connectivity index (χ4v) is 21.8. The van der Waals surface area contributed by atoms with Crippen molar-refractivity contribution < 1.29 is 18.5 Å². The highest BCUT2D eigenvalue weighted by Crippen LogP contribution is 2.75. The highest BCUT2D eigenvalue weighted by Gasteiger charge is 2.29. The summed E-state index contributed by atoms with van der Waals surface area (Å²) in [6.45, 7) is 4.99. The van der Waals surface area contributed by atoms with Crippen LogP contribution in [-0.4, -0.2) is 27.4 Å². The second-order valence-electron chi connectivity index (χ2n) is 5.38. The molecule has 0 radical (unpaired) electrons. The van der Waals surface area contributed by atoms with Gasteiger partial charge in [0.25, 0.3) is 0 Å². The summed E-state index contributed by atoms with van der Waals surface area (Å²) in [6.07, 6.45) is 0. The summed E-state index contributed by atoms with van der Waals surface area (Å²) in [5, 5.41) is 1.96. The Morgan fingerprint density at radius 1 is 0.679 bits per heavy atom. The number of rotatable bonds is 11. The summed E-state index contributed by atoms with van der Waals surface area (Å²) in [5.41, 5.74) is -4.69. The van der Waals surface area contributed by atoms with Crippen molar-refractivity contribution in [1.82, 2.24) is 0 Å². The standard InChI is InChI=1S/C18H24O4P2S4/c1-5-21-23(25,17-11-7-15(19-3)8-12-17)27-28-24(26,22-6-2)18-13-9-16(20-4)10-14-18/h7-14H,5-6H2,1-4H3. The van der Waals surface area contributed by atoms with E-state index in [9.17, 15) is 0 Å². The topological polar surface area (TPSA) is 36.9 Å². The summed E-state index contributed by atoms with van der Waals surface area (Å²) in [5.74, 6) is 1.58. The van der Waals surface area contributed by atoms with Gasteiger partial charge in [-0.05, 0) is 107 Å². The lowest BCUT2D eigenvalue weighted by atomic mass is 10.3. The lowest BCUT2D eigenvalue weighted by Gasteiger charge is -2.26. The van der Waals surface area contributed by atoms with E-state index in [1.807, 2.05) is 62.4 Å². The van der Waals surface area contributed by atoms with Gasteiger partial charge in [-0.25, -0.2) is 0 Å². The second-order valence-corrected chi connectivity index (χ2v) is 20.3. The Balaban J connectivity index is 2.28. The monoisotopic (exact) mass is 494 g/mol. The highest BCUT2D eigenvalue weighted by molar-refractivity contribution is 9.19. The van der Waals surface area contributed by atoms with E-state index in [1.165, 1.54) is 20.8 Å². The van der Waals surface area contributed by atoms with Crippen LogP contribution >= 0.6 is 31.8 Å². The first-order valence-electron chi connectivity index (χ1n) is 8.57. The van der Waals surface area contributed by atoms with Crippen LogP contribution in [0.15, 0.2) is 48.5 Å². The average molecular weight is 495 g/mol. The Bertz CT molecular complexity index is 772. The minimum atomic E-state index is -2.34. The molecule has 0 saturated carbocycles. The zero-order chi connectivity index (χ0) is 20.6. The predicted molar refractivity (Wildman–Crippen MR) is 132 cm³/mol. The van der Waals surface area contributed by atoms with E-state index in [0.29, 0.717) is 13.2 Å². The van der Waals surface area contributed by atoms with Crippen molar-refractivity contribution in [2.75, 3.05) is 27.4 Å². The van der Waals surface area contributed by atoms with E-state index in [0.717, 1.165) is 22.1 Å². The van der Waals surface area contributed by atoms with Gasteiger partial charge >= 0.3 is 0 Å². The molecule has 0 aliphatic heterocycles. The third-order valence-electron chi connectivity index (χ3n) is 3.61. The van der Waals surface area contributed by atoms with E-state index < -0.39 is 10.9 Å². The first-order valence-corrected chi connectivity index (χ1v) is 17.4. The van der Waals surface area contributed by atoms with Gasteiger partial charge in [0.05, 0.1) is 27.4 Å². The fraction of sp³-hybridized carbons (Fsp3) is 0.333. The summed E-state index contributed by atoms with van der Waals surface area (Å²) >= 11 is 11.9. The van der Waals surface area contributed by atoms with Crippen molar-refractivity contribution in [3.05, 3.63) is 48.5 Å². The molecule has 0 N–H and O–H groups in total. The van der Waals surface area contributed by atoms with Crippen LogP contribution in [0.2, 0.25) is 0 Å². The molecule has 2 atom stereocenters. The van der Waals surface area contributed by atoms with E-state index in [2.05, 4.69) is 0 Å². The Labute approximate surface area is 185 Å². The van der Waals surface area contributed by atoms with Crippen molar-refractivity contribution >= 4 is 66.0 Å². The van der Waals surface area contributed by atoms with Gasteiger partial charge < -0.3 is 18.5 Å². The van der Waals surface area contributed by atoms with Crippen molar-refractivity contribution in [3.8, 4) is 11.5 Å². The second kappa shape index (κ2) is 11.4. The van der Waals surface area contributed by atoms with E-state index in [1.54, 1.807) is 14.2 Å². The lowest BCUT2D eigenvalue weighted by Crippen LogP contribution is -2.06. The number of benzene rings is 2. The van der Waals surface area contributed by atoms with Gasteiger partial charge in [-0.1, -0.05) is 0 Å². The summed E-state index contributed by atoms with van der Waals surface area (Å²) in [6, 6.07) is 15.5. The molecule has 2 aromatic carbocycles. The molecule has 0 spiro atoms. The van der Waals surface area contributed by atoms with Gasteiger partial charge in [0.2, 0.25) is 0 Å². The van der Waals surface area contributed by atoms with Gasteiger partial charge in [0, 0.05) is 10.6 Å². The maximum absolute atomic E-state index is 6.06. The quantitative estimate of drug-likeness (QED) is 0.290. The molecule has 0 fully saturated rings. The molecule has 154 valence electrons. The third kappa shape index (κ3) is 6.23. The van der Waals surface area contributed by atoms with E-state index in [4.69, 9.17) is 42.1 Å². The Kier molecular flexibility index (Phi) is 9.85. The van der Waals surface area contributed by atoms with Crippen LogP contribution in [0, 0.1) is 0 Å². The van der Waals surface area contributed by atoms with E-state index >= 15 is 0 Å². The number of hydrogen-bond acceptors (Lipinski definition) is 8. The number of ether oxygens (including phenoxy) is 2. The average Bonchev–Trinajstić information content (AvgIpc) is 2.73. The van der Waals surface area contributed by atoms with Crippen LogP contribution in [0.25, 0.3) is 0 Å². The Hall–Kier alpha value is -0.0400. The first kappa shape index (κ1) is 24.2. The number of methoxy groups -OCH3 is 2. The lowest BCUT2D eigenvalue weighted by molar-refractivity contribution is 0.389. The molecule has 0 aliphatic carbocycles. The molecule has 28 heavy (non-hydrogen) atoms. The predicted octanol–water partition coefficient (Wildman–Crippen LogP) is 5.73. The molecule has 0 aliphatic rings. The molecular weight excluding hydrogens is 470 g/mol. The minimum Gasteiger partial charge on any atom is -0.497 e. The normalized spacial score (nSPS) is 15.4. The van der Waals surface area contributed by atoms with Crippen molar-refractivity contribution in [1.29, 1.82) is 0 Å². The zero-order valence-electron chi connectivity index (χ0n) is 16.2. The van der Waals surface area contributed by atoms with Gasteiger partial charge in [0.1, 0.15) is 11.5 Å². The van der Waals surface area contributed by atoms with Crippen molar-refractivity contribution in [2.24, 2.45) is 0 Å². The van der Waals surface area contributed by atoms with Crippen LogP contribution in [0.5, 0.6) is 11.5 Å². The Morgan fingerprint density at radius 2 is 1.00 bits per heavy atom. The molecule has 2 aromatic rings. The number of hydrogen-bond donors (Lipinski definition) is 0. The Morgan fingerprint density at radius 3 is 1.25 bits per heavy atom. The fourth-order valence-electron chi connectivity index (χ4n) is 2.24. The van der Waals surface area contributed by atoms with Gasteiger partial charge in [0.15, 0.2) is 10.9 Å². The molecule has 0 saturated heterocycles. The first-order chi connectivity index (χ1) is 13.4. The van der Waals surface area contributed by atoms with Crippen molar-refractivity contribution in [3.63, 3.8) is 0 Å². The summed E-state index contributed by atoms with van der Waals surface area (Å²) < 4.78 is 22.6. The minimum absolute atomic E-state index is 0.539. The molecule has 0 bridgehead atoms. The third-order valence-corrected chi connectivity index (χ3v) is 21.5. The van der Waals surface area contributed by atoms with Gasteiger partial charge in [-0.3, -0.25) is 0 Å². The van der Waals surface area contributed by atoms with E-state index in [-0.39, 0.29) is 0 Å². The van der Waals surface area contributed by atoms with Crippen LogP contribution in [0.3, 0.4) is 0 Å². The zero-order valence-corrected chi connectivity index (χ0v) is 21.2. The molecule has 4 nitrogen and oxygen atoms in total. The molecule has 0 amide bonds. The SMILES string of the molecule is CCOP(=S)(SSP(=S)(OCC)c1ccc(OC)cc1)c1ccc(OC)cc1. The summed E-state index contributed by atoms with van der Waals surface area (Å²) in [4.78, 5) is 0. The van der Waals surface area contributed by atoms with Crippen LogP contribution in [0.1, 0.15) is 13.8 Å². The van der Waals surface area contributed by atoms with Crippen LogP contribution in [0.4, 0.5) is 0 Å². The highest BCUT2D eigenvalue weighted by atomic mass is 33.5. The van der Waals surface area contributed by atoms with Gasteiger partial charge in [-0.15, -0.1) is 0 Å². The van der Waals surface area contributed by atoms with Crippen LogP contribution < -0.4 is 20.1 Å². The maximum Gasteiger partial charge on any atom is 0.159 e. The summed E-state index contributed by atoms with van der Waals surface area (Å²) in [7, 11) is 6.36. The smallest absolute Gasteiger partial charge is 0.159 e. The maximum atomic E-state index is 6.06. The van der Waals surface area contributed by atoms with Crippen LogP contribution in [-0.2, 0) is 32.7 Å². The van der Waals surface area contributed by atoms with Crippen molar-refractivity contribution in [2.45, 2.75) is 13.8 Å². The molecule has 0 aromatic heterocycles. The molecule has 0 heterocycles. The molecule has 10 heteroatoms. The molecule has 2 rings (SSSR count). The molecule has 2 unspecified atom stereocenters.